The van der Waals surface area contributed by atoms with Crippen molar-refractivity contribution in [3.8, 4) is 0 Å². The summed E-state index contributed by atoms with van der Waals surface area (Å²) in [5.74, 6) is -1.08. The van der Waals surface area contributed by atoms with E-state index in [9.17, 15) is 9.18 Å². The van der Waals surface area contributed by atoms with Crippen LogP contribution in [0.15, 0.2) is 40.9 Å². The number of esters is 1. The van der Waals surface area contributed by atoms with Crippen LogP contribution in [0.1, 0.15) is 15.9 Å². The number of hydrogen-bond acceptors (Lipinski definition) is 3. The molecule has 0 saturated heterocycles. The Hall–Kier alpha value is -1.59. The van der Waals surface area contributed by atoms with Gasteiger partial charge >= 0.3 is 5.97 Å². The lowest BCUT2D eigenvalue weighted by atomic mass is 10.1. The summed E-state index contributed by atoms with van der Waals surface area (Å²) in [5, 5.41) is 3.68. The van der Waals surface area contributed by atoms with E-state index in [4.69, 9.17) is 11.6 Å². The smallest absolute Gasteiger partial charge is 0.340 e. The van der Waals surface area contributed by atoms with Crippen LogP contribution >= 0.6 is 27.5 Å². The van der Waals surface area contributed by atoms with Crippen LogP contribution in [0.25, 0.3) is 0 Å². The molecule has 0 aromatic heterocycles. The van der Waals surface area contributed by atoms with E-state index in [1.165, 1.54) is 19.2 Å². The molecule has 110 valence electrons. The van der Waals surface area contributed by atoms with Crippen LogP contribution in [-0.4, -0.2) is 13.1 Å². The molecule has 2 rings (SSSR count). The van der Waals surface area contributed by atoms with Gasteiger partial charge in [0.25, 0.3) is 0 Å². The highest BCUT2D eigenvalue weighted by molar-refractivity contribution is 9.10. The topological polar surface area (TPSA) is 38.3 Å². The maximum atomic E-state index is 13.2. The van der Waals surface area contributed by atoms with Gasteiger partial charge in [0, 0.05) is 16.7 Å². The number of hydrogen-bond donors (Lipinski definition) is 1. The molecule has 1 N–H and O–H groups in total. The normalized spacial score (nSPS) is 10.3. The number of rotatable bonds is 4. The van der Waals surface area contributed by atoms with Gasteiger partial charge in [-0.1, -0.05) is 17.7 Å². The van der Waals surface area contributed by atoms with Crippen molar-refractivity contribution in [1.82, 2.24) is 0 Å². The van der Waals surface area contributed by atoms with Crippen molar-refractivity contribution in [2.24, 2.45) is 0 Å². The molecule has 0 fully saturated rings. The summed E-state index contributed by atoms with van der Waals surface area (Å²) in [6.45, 7) is 0.447. The van der Waals surface area contributed by atoms with Crippen LogP contribution in [0.2, 0.25) is 5.02 Å². The Kier molecular flexibility index (Phi) is 5.20. The van der Waals surface area contributed by atoms with Gasteiger partial charge in [-0.25, -0.2) is 9.18 Å². The molecular weight excluding hydrogens is 361 g/mol. The van der Waals surface area contributed by atoms with E-state index in [2.05, 4.69) is 26.0 Å². The number of methoxy groups -OCH3 is 1. The van der Waals surface area contributed by atoms with Crippen LogP contribution in [0, 0.1) is 5.82 Å². The zero-order valence-corrected chi connectivity index (χ0v) is 13.5. The Balaban J connectivity index is 2.19. The van der Waals surface area contributed by atoms with Crippen molar-refractivity contribution in [2.45, 2.75) is 6.54 Å². The summed E-state index contributed by atoms with van der Waals surface area (Å²) in [6, 6.07) is 9.46. The van der Waals surface area contributed by atoms with E-state index in [1.807, 2.05) is 12.1 Å². The number of nitrogens with one attached hydrogen (secondary N) is 1. The second-order valence-electron chi connectivity index (χ2n) is 4.28. The molecule has 0 radical (unpaired) electrons. The van der Waals surface area contributed by atoms with Gasteiger partial charge in [0.1, 0.15) is 5.82 Å². The van der Waals surface area contributed by atoms with Crippen molar-refractivity contribution < 1.29 is 13.9 Å². The molecule has 0 aliphatic heterocycles. The van der Waals surface area contributed by atoms with E-state index >= 15 is 0 Å². The molecular formula is C15H12BrClFNO2. The lowest BCUT2D eigenvalue weighted by Gasteiger charge is -2.11. The highest BCUT2D eigenvalue weighted by atomic mass is 79.9. The van der Waals surface area contributed by atoms with E-state index < -0.39 is 11.8 Å². The molecule has 0 saturated carbocycles. The summed E-state index contributed by atoms with van der Waals surface area (Å²) in [4.78, 5) is 11.6. The average molecular weight is 373 g/mol. The highest BCUT2D eigenvalue weighted by Gasteiger charge is 2.13. The predicted octanol–water partition coefficient (Wildman–Crippen LogP) is 4.64. The molecule has 0 amide bonds. The summed E-state index contributed by atoms with van der Waals surface area (Å²) < 4.78 is 18.7. The predicted molar refractivity (Wildman–Crippen MR) is 84.2 cm³/mol. The van der Waals surface area contributed by atoms with Gasteiger partial charge in [-0.05, 0) is 51.8 Å². The van der Waals surface area contributed by atoms with Crippen LogP contribution in [-0.2, 0) is 11.3 Å². The van der Waals surface area contributed by atoms with Crippen molar-refractivity contribution in [2.75, 3.05) is 12.4 Å². The minimum Gasteiger partial charge on any atom is -0.465 e. The summed E-state index contributed by atoms with van der Waals surface area (Å²) in [5.41, 5.74) is 1.59. The number of carbonyl (C=O) groups excluding carboxylic acids is 1. The zero-order chi connectivity index (χ0) is 15.4. The molecule has 0 aliphatic carbocycles. The van der Waals surface area contributed by atoms with Crippen LogP contribution in [0.4, 0.5) is 10.1 Å². The van der Waals surface area contributed by atoms with Gasteiger partial charge in [0.15, 0.2) is 0 Å². The van der Waals surface area contributed by atoms with Gasteiger partial charge < -0.3 is 10.1 Å². The number of anilines is 1. The number of ether oxygens (including phenoxy) is 1. The van der Waals surface area contributed by atoms with Gasteiger partial charge in [-0.15, -0.1) is 0 Å². The van der Waals surface area contributed by atoms with E-state index in [1.54, 1.807) is 6.07 Å². The Bertz CT molecular complexity index is 679. The Morgan fingerprint density at radius 2 is 2.10 bits per heavy atom. The first kappa shape index (κ1) is 15.8. The summed E-state index contributed by atoms with van der Waals surface area (Å²) in [7, 11) is 1.26. The molecule has 0 aliphatic rings. The third-order valence-corrected chi connectivity index (χ3v) is 4.09. The first-order valence-electron chi connectivity index (χ1n) is 6.07. The number of halogens is 3. The van der Waals surface area contributed by atoms with Crippen LogP contribution in [0.5, 0.6) is 0 Å². The first-order chi connectivity index (χ1) is 10.0. The largest absolute Gasteiger partial charge is 0.465 e. The summed E-state index contributed by atoms with van der Waals surface area (Å²) in [6.07, 6.45) is 0. The van der Waals surface area contributed by atoms with Crippen molar-refractivity contribution in [3.63, 3.8) is 0 Å². The molecule has 3 nitrogen and oxygen atoms in total. The minimum atomic E-state index is -0.592. The maximum Gasteiger partial charge on any atom is 0.340 e. The molecule has 0 unspecified atom stereocenters. The quantitative estimate of drug-likeness (QED) is 0.795. The molecule has 0 bridgehead atoms. The molecule has 21 heavy (non-hydrogen) atoms. The molecule has 2 aromatic rings. The SMILES string of the molecule is COC(=O)c1cc(F)ccc1NCc1ccc(Br)c(Cl)c1. The van der Waals surface area contributed by atoms with Crippen LogP contribution in [0.3, 0.4) is 0 Å². The fourth-order valence-corrected chi connectivity index (χ4v) is 2.25. The lowest BCUT2D eigenvalue weighted by Crippen LogP contribution is -2.08. The average Bonchev–Trinajstić information content (AvgIpc) is 2.48. The van der Waals surface area contributed by atoms with E-state index in [-0.39, 0.29) is 5.56 Å². The molecule has 0 atom stereocenters. The Labute approximate surface area is 135 Å². The summed E-state index contributed by atoms with van der Waals surface area (Å²) >= 11 is 9.34. The first-order valence-corrected chi connectivity index (χ1v) is 7.24. The standard InChI is InChI=1S/C15H12BrClFNO2/c1-21-15(20)11-7-10(18)3-5-14(11)19-8-9-2-4-12(16)13(17)6-9/h2-7,19H,8H2,1H3. The minimum absolute atomic E-state index is 0.153. The maximum absolute atomic E-state index is 13.2. The number of carbonyl (C=O) groups is 1. The molecule has 6 heteroatoms. The second kappa shape index (κ2) is 6.91. The van der Waals surface area contributed by atoms with Crippen molar-refractivity contribution >= 4 is 39.2 Å². The van der Waals surface area contributed by atoms with Crippen molar-refractivity contribution in [1.29, 1.82) is 0 Å². The third-order valence-electron chi connectivity index (χ3n) is 2.85. The molecule has 0 spiro atoms. The van der Waals surface area contributed by atoms with Crippen molar-refractivity contribution in [3.05, 3.63) is 62.8 Å². The monoisotopic (exact) mass is 371 g/mol. The Morgan fingerprint density at radius 3 is 2.76 bits per heavy atom. The Morgan fingerprint density at radius 1 is 1.33 bits per heavy atom. The highest BCUT2D eigenvalue weighted by Crippen LogP contribution is 2.24. The zero-order valence-electron chi connectivity index (χ0n) is 11.1. The van der Waals surface area contributed by atoms with Gasteiger partial charge in [0.2, 0.25) is 0 Å². The van der Waals surface area contributed by atoms with Gasteiger partial charge in [-0.2, -0.15) is 0 Å². The van der Waals surface area contributed by atoms with Crippen LogP contribution < -0.4 is 5.32 Å². The van der Waals surface area contributed by atoms with E-state index in [0.717, 1.165) is 16.1 Å². The number of benzene rings is 2. The van der Waals surface area contributed by atoms with Gasteiger partial charge in [-0.3, -0.25) is 0 Å². The lowest BCUT2D eigenvalue weighted by molar-refractivity contribution is 0.0601. The second-order valence-corrected chi connectivity index (χ2v) is 5.55. The molecule has 2 aromatic carbocycles. The molecule has 0 heterocycles. The fourth-order valence-electron chi connectivity index (χ4n) is 1.80. The fraction of sp³-hybridized carbons (Fsp3) is 0.133. The van der Waals surface area contributed by atoms with Gasteiger partial charge in [0.05, 0.1) is 17.7 Å². The van der Waals surface area contributed by atoms with E-state index in [0.29, 0.717) is 17.3 Å². The third kappa shape index (κ3) is 3.95.